The Morgan fingerprint density at radius 3 is 2.66 bits per heavy atom. The summed E-state index contributed by atoms with van der Waals surface area (Å²) in [7, 11) is -2.13. The summed E-state index contributed by atoms with van der Waals surface area (Å²) in [5.74, 6) is 0.136. The van der Waals surface area contributed by atoms with Crippen molar-refractivity contribution in [2.45, 2.75) is 30.8 Å². The summed E-state index contributed by atoms with van der Waals surface area (Å²) in [6.07, 6.45) is 3.10. The normalized spacial score (nSPS) is 12.5. The Morgan fingerprint density at radius 2 is 2.00 bits per heavy atom. The molecule has 0 spiro atoms. The molecule has 0 bridgehead atoms. The molecule has 0 saturated carbocycles. The Balaban J connectivity index is 1.54. The predicted octanol–water partition coefficient (Wildman–Crippen LogP) is 2.28. The highest BCUT2D eigenvalue weighted by atomic mass is 32.2. The van der Waals surface area contributed by atoms with Crippen molar-refractivity contribution in [1.29, 1.82) is 0 Å². The molecular formula is C19H20N4O5S. The predicted molar refractivity (Wildman–Crippen MR) is 103 cm³/mol. The third kappa shape index (κ3) is 5.24. The molecule has 1 aromatic carbocycles. The summed E-state index contributed by atoms with van der Waals surface area (Å²) in [6.45, 7) is 1.65. The van der Waals surface area contributed by atoms with Gasteiger partial charge in [0.15, 0.2) is 6.10 Å². The van der Waals surface area contributed by atoms with E-state index in [4.69, 9.17) is 9.26 Å². The van der Waals surface area contributed by atoms with E-state index in [0.717, 1.165) is 5.56 Å². The zero-order chi connectivity index (χ0) is 20.9. The second kappa shape index (κ2) is 8.93. The number of hydrogen-bond donors (Lipinski definition) is 1. The maximum Gasteiger partial charge on any atom is 0.306 e. The topological polar surface area (TPSA) is 124 Å². The van der Waals surface area contributed by atoms with Crippen molar-refractivity contribution in [2.24, 2.45) is 0 Å². The SMILES string of the molecule is CNS(=O)(=O)c1ccc(CCC(=O)OC(C)c2nc(-c3cccnc3)no2)cc1. The maximum atomic E-state index is 12.1. The van der Waals surface area contributed by atoms with Gasteiger partial charge in [-0.2, -0.15) is 4.98 Å². The largest absolute Gasteiger partial charge is 0.453 e. The molecule has 0 amide bonds. The quantitative estimate of drug-likeness (QED) is 0.555. The molecule has 0 radical (unpaired) electrons. The first-order valence-electron chi connectivity index (χ1n) is 8.85. The van der Waals surface area contributed by atoms with Crippen molar-refractivity contribution in [3.05, 3.63) is 60.2 Å². The highest BCUT2D eigenvalue weighted by Crippen LogP contribution is 2.20. The monoisotopic (exact) mass is 416 g/mol. The molecule has 2 aromatic heterocycles. The number of sulfonamides is 1. The number of carbonyl (C=O) groups is 1. The minimum Gasteiger partial charge on any atom is -0.453 e. The molecule has 1 atom stereocenters. The van der Waals surface area contributed by atoms with Gasteiger partial charge < -0.3 is 9.26 Å². The van der Waals surface area contributed by atoms with Crippen molar-refractivity contribution in [3.63, 3.8) is 0 Å². The molecule has 0 aliphatic heterocycles. The van der Waals surface area contributed by atoms with Gasteiger partial charge in [0.25, 0.3) is 5.89 Å². The van der Waals surface area contributed by atoms with Crippen LogP contribution in [0.2, 0.25) is 0 Å². The van der Waals surface area contributed by atoms with Crippen molar-refractivity contribution in [3.8, 4) is 11.4 Å². The number of aryl methyl sites for hydroxylation is 1. The molecule has 9 nitrogen and oxygen atoms in total. The van der Waals surface area contributed by atoms with E-state index < -0.39 is 22.1 Å². The Bertz CT molecular complexity index is 1070. The molecule has 10 heteroatoms. The minimum absolute atomic E-state index is 0.131. The summed E-state index contributed by atoms with van der Waals surface area (Å²) >= 11 is 0. The summed E-state index contributed by atoms with van der Waals surface area (Å²) in [6, 6.07) is 9.88. The van der Waals surface area contributed by atoms with E-state index in [2.05, 4.69) is 19.8 Å². The number of rotatable bonds is 8. The maximum absolute atomic E-state index is 12.1. The van der Waals surface area contributed by atoms with E-state index in [0.29, 0.717) is 17.8 Å². The number of pyridine rings is 1. The fourth-order valence-corrected chi connectivity index (χ4v) is 3.25. The smallest absolute Gasteiger partial charge is 0.306 e. The molecule has 1 N–H and O–H groups in total. The van der Waals surface area contributed by atoms with Gasteiger partial charge in [-0.25, -0.2) is 13.1 Å². The van der Waals surface area contributed by atoms with Crippen LogP contribution in [0, 0.1) is 0 Å². The van der Waals surface area contributed by atoms with Crippen LogP contribution in [-0.2, 0) is 26.0 Å². The Morgan fingerprint density at radius 1 is 1.24 bits per heavy atom. The average molecular weight is 416 g/mol. The summed E-state index contributed by atoms with van der Waals surface area (Å²) in [5, 5.41) is 3.87. The fourth-order valence-electron chi connectivity index (χ4n) is 2.52. The molecule has 0 aliphatic rings. The van der Waals surface area contributed by atoms with E-state index in [1.54, 1.807) is 43.6 Å². The van der Waals surface area contributed by atoms with E-state index in [9.17, 15) is 13.2 Å². The van der Waals surface area contributed by atoms with Crippen LogP contribution >= 0.6 is 0 Å². The third-order valence-electron chi connectivity index (χ3n) is 4.14. The molecular weight excluding hydrogens is 396 g/mol. The second-order valence-corrected chi connectivity index (χ2v) is 8.07. The van der Waals surface area contributed by atoms with Gasteiger partial charge in [-0.05, 0) is 50.2 Å². The Labute approximate surface area is 168 Å². The lowest BCUT2D eigenvalue weighted by Gasteiger charge is -2.09. The van der Waals surface area contributed by atoms with Crippen molar-refractivity contribution in [2.75, 3.05) is 7.05 Å². The highest BCUT2D eigenvalue weighted by molar-refractivity contribution is 7.89. The van der Waals surface area contributed by atoms with Gasteiger partial charge >= 0.3 is 5.97 Å². The zero-order valence-corrected chi connectivity index (χ0v) is 16.7. The molecule has 3 aromatic rings. The Kier molecular flexibility index (Phi) is 6.35. The first-order valence-corrected chi connectivity index (χ1v) is 10.3. The van der Waals surface area contributed by atoms with E-state index in [1.165, 1.54) is 19.2 Å². The number of benzene rings is 1. The molecule has 29 heavy (non-hydrogen) atoms. The van der Waals surface area contributed by atoms with E-state index in [-0.39, 0.29) is 17.2 Å². The van der Waals surface area contributed by atoms with Crippen LogP contribution in [-0.4, -0.2) is 36.6 Å². The van der Waals surface area contributed by atoms with Crippen molar-refractivity contribution in [1.82, 2.24) is 19.8 Å². The molecule has 1 unspecified atom stereocenters. The zero-order valence-electron chi connectivity index (χ0n) is 15.9. The second-order valence-electron chi connectivity index (χ2n) is 6.18. The van der Waals surface area contributed by atoms with Gasteiger partial charge in [-0.3, -0.25) is 9.78 Å². The van der Waals surface area contributed by atoms with Crippen LogP contribution in [0.25, 0.3) is 11.4 Å². The average Bonchev–Trinajstić information content (AvgIpc) is 3.24. The number of ether oxygens (including phenoxy) is 1. The number of nitrogens with one attached hydrogen (secondary N) is 1. The van der Waals surface area contributed by atoms with Gasteiger partial charge in [-0.1, -0.05) is 17.3 Å². The van der Waals surface area contributed by atoms with Crippen LogP contribution in [0.15, 0.2) is 58.2 Å². The lowest BCUT2D eigenvalue weighted by molar-refractivity contribution is -0.149. The fraction of sp³-hybridized carbons (Fsp3) is 0.263. The van der Waals surface area contributed by atoms with E-state index in [1.807, 2.05) is 0 Å². The molecule has 2 heterocycles. The van der Waals surface area contributed by atoms with Gasteiger partial charge in [0.1, 0.15) is 0 Å². The van der Waals surface area contributed by atoms with Crippen LogP contribution < -0.4 is 4.72 Å². The number of carbonyl (C=O) groups excluding carboxylic acids is 1. The van der Waals surface area contributed by atoms with Crippen LogP contribution in [0.1, 0.15) is 30.9 Å². The highest BCUT2D eigenvalue weighted by Gasteiger charge is 2.19. The first kappa shape index (κ1) is 20.6. The lowest BCUT2D eigenvalue weighted by atomic mass is 10.1. The molecule has 0 aliphatic carbocycles. The van der Waals surface area contributed by atoms with Crippen molar-refractivity contribution >= 4 is 16.0 Å². The third-order valence-corrected chi connectivity index (χ3v) is 5.57. The number of esters is 1. The Hall–Kier alpha value is -3.11. The van der Waals surface area contributed by atoms with Gasteiger partial charge in [0.05, 0.1) is 4.90 Å². The number of aromatic nitrogens is 3. The summed E-state index contributed by atoms with van der Waals surface area (Å²) < 4.78 is 36.2. The van der Waals surface area contributed by atoms with Crippen LogP contribution in [0.5, 0.6) is 0 Å². The number of hydrogen-bond acceptors (Lipinski definition) is 8. The standard InChI is InChI=1S/C19H20N4O5S/c1-13(19-22-18(23-28-19)15-4-3-11-21-12-15)27-17(24)10-7-14-5-8-16(9-6-14)29(25,26)20-2/h3-6,8-9,11-13,20H,7,10H2,1-2H3. The van der Waals surface area contributed by atoms with Gasteiger partial charge in [0.2, 0.25) is 15.8 Å². The first-order chi connectivity index (χ1) is 13.9. The molecule has 0 fully saturated rings. The van der Waals surface area contributed by atoms with Crippen LogP contribution in [0.4, 0.5) is 0 Å². The number of nitrogens with zero attached hydrogens (tertiary/aromatic N) is 3. The summed E-state index contributed by atoms with van der Waals surface area (Å²) in [4.78, 5) is 20.5. The van der Waals surface area contributed by atoms with Gasteiger partial charge in [-0.15, -0.1) is 0 Å². The summed E-state index contributed by atoms with van der Waals surface area (Å²) in [5.41, 5.74) is 1.52. The van der Waals surface area contributed by atoms with Crippen LogP contribution in [0.3, 0.4) is 0 Å². The van der Waals surface area contributed by atoms with Gasteiger partial charge in [0, 0.05) is 24.4 Å². The molecule has 152 valence electrons. The lowest BCUT2D eigenvalue weighted by Crippen LogP contribution is -2.18. The molecule has 0 saturated heterocycles. The molecule has 3 rings (SSSR count). The minimum atomic E-state index is -3.48. The van der Waals surface area contributed by atoms with E-state index >= 15 is 0 Å². The van der Waals surface area contributed by atoms with Crippen molar-refractivity contribution < 1.29 is 22.5 Å².